The number of imidazole rings is 1. The summed E-state index contributed by atoms with van der Waals surface area (Å²) in [5.74, 6) is -0.150. The first-order chi connectivity index (χ1) is 11.6. The summed E-state index contributed by atoms with van der Waals surface area (Å²) in [4.78, 5) is 21.5. The van der Waals surface area contributed by atoms with E-state index < -0.39 is 11.9 Å². The second kappa shape index (κ2) is 5.68. The van der Waals surface area contributed by atoms with Crippen LogP contribution >= 0.6 is 0 Å². The van der Waals surface area contributed by atoms with E-state index in [0.717, 1.165) is 0 Å². The van der Waals surface area contributed by atoms with Gasteiger partial charge in [-0.2, -0.15) is 0 Å². The summed E-state index contributed by atoms with van der Waals surface area (Å²) < 4.78 is 24.7. The summed E-state index contributed by atoms with van der Waals surface area (Å²) in [6.45, 7) is 2.64. The monoisotopic (exact) mass is 331 g/mol. The molecule has 8 nitrogen and oxygen atoms in total. The fraction of sp³-hybridized carbons (Fsp3) is 0.333. The van der Waals surface area contributed by atoms with Gasteiger partial charge in [0.1, 0.15) is 17.4 Å². The van der Waals surface area contributed by atoms with Gasteiger partial charge in [-0.1, -0.05) is 0 Å². The Hall–Kier alpha value is -2.81. The van der Waals surface area contributed by atoms with Crippen molar-refractivity contribution in [3.63, 3.8) is 0 Å². The highest BCUT2D eigenvalue weighted by molar-refractivity contribution is 6.05. The molecule has 0 saturated carbocycles. The lowest BCUT2D eigenvalue weighted by atomic mass is 10.1. The molecule has 1 saturated heterocycles. The Morgan fingerprint density at radius 1 is 1.42 bits per heavy atom. The van der Waals surface area contributed by atoms with Crippen molar-refractivity contribution in [2.24, 2.45) is 0 Å². The quantitative estimate of drug-likeness (QED) is 0.766. The SMILES string of the molecule is Cc1nnc(C2COCCN2C(=O)c2cc(F)cc3[nH]cnc23)o1. The molecule has 2 aromatic heterocycles. The van der Waals surface area contributed by atoms with E-state index in [1.54, 1.807) is 11.8 Å². The zero-order chi connectivity index (χ0) is 16.7. The summed E-state index contributed by atoms with van der Waals surface area (Å²) in [5.41, 5.74) is 1.08. The first-order valence-corrected chi connectivity index (χ1v) is 7.45. The predicted octanol–water partition coefficient (Wildman–Crippen LogP) is 1.61. The first-order valence-electron chi connectivity index (χ1n) is 7.45. The van der Waals surface area contributed by atoms with E-state index in [9.17, 15) is 9.18 Å². The average molecular weight is 331 g/mol. The van der Waals surface area contributed by atoms with Crippen LogP contribution in [0.25, 0.3) is 11.0 Å². The summed E-state index contributed by atoms with van der Waals surface area (Å²) in [6, 6.07) is 1.98. The summed E-state index contributed by atoms with van der Waals surface area (Å²) in [6.07, 6.45) is 1.43. The number of hydrogen-bond donors (Lipinski definition) is 1. The zero-order valence-electron chi connectivity index (χ0n) is 12.8. The van der Waals surface area contributed by atoms with Crippen LogP contribution in [-0.4, -0.2) is 50.7 Å². The summed E-state index contributed by atoms with van der Waals surface area (Å²) >= 11 is 0. The molecule has 0 radical (unpaired) electrons. The maximum Gasteiger partial charge on any atom is 0.257 e. The van der Waals surface area contributed by atoms with Crippen molar-refractivity contribution < 1.29 is 18.3 Å². The van der Waals surface area contributed by atoms with E-state index >= 15 is 0 Å². The standard InChI is InChI=1S/C15H14FN5O3/c1-8-19-20-14(24-8)12-6-23-3-2-21(12)15(22)10-4-9(16)5-11-13(10)18-7-17-11/h4-5,7,12H,2-3,6H2,1H3,(H,17,18). The van der Waals surface area contributed by atoms with Crippen LogP contribution < -0.4 is 0 Å². The van der Waals surface area contributed by atoms with Crippen LogP contribution in [-0.2, 0) is 4.74 Å². The molecule has 1 aromatic carbocycles. The molecule has 1 fully saturated rings. The molecule has 1 amide bonds. The first kappa shape index (κ1) is 14.8. The lowest BCUT2D eigenvalue weighted by Gasteiger charge is -2.33. The molecule has 3 heterocycles. The topological polar surface area (TPSA) is 97.1 Å². The van der Waals surface area contributed by atoms with Crippen molar-refractivity contribution >= 4 is 16.9 Å². The highest BCUT2D eigenvalue weighted by Gasteiger charge is 2.34. The lowest BCUT2D eigenvalue weighted by Crippen LogP contribution is -2.43. The molecule has 1 N–H and O–H groups in total. The number of amides is 1. The zero-order valence-corrected chi connectivity index (χ0v) is 12.8. The van der Waals surface area contributed by atoms with Crippen molar-refractivity contribution in [1.29, 1.82) is 0 Å². The fourth-order valence-electron chi connectivity index (χ4n) is 2.83. The largest absolute Gasteiger partial charge is 0.423 e. The second-order valence-corrected chi connectivity index (χ2v) is 5.50. The molecule has 0 spiro atoms. The number of halogens is 1. The van der Waals surface area contributed by atoms with Gasteiger partial charge in [-0.3, -0.25) is 4.79 Å². The highest BCUT2D eigenvalue weighted by atomic mass is 19.1. The maximum atomic E-state index is 13.8. The van der Waals surface area contributed by atoms with Crippen LogP contribution in [0.3, 0.4) is 0 Å². The van der Waals surface area contributed by atoms with Gasteiger partial charge in [0.2, 0.25) is 11.8 Å². The third-order valence-corrected chi connectivity index (χ3v) is 3.93. The average Bonchev–Trinajstić information content (AvgIpc) is 3.22. The van der Waals surface area contributed by atoms with Gasteiger partial charge in [-0.05, 0) is 12.1 Å². The molecule has 0 bridgehead atoms. The third kappa shape index (κ3) is 2.42. The number of nitrogens with zero attached hydrogens (tertiary/aromatic N) is 4. The molecule has 1 aliphatic rings. The van der Waals surface area contributed by atoms with Gasteiger partial charge >= 0.3 is 0 Å². The van der Waals surface area contributed by atoms with Crippen LogP contribution in [0.5, 0.6) is 0 Å². The van der Waals surface area contributed by atoms with Crippen molar-refractivity contribution in [3.05, 3.63) is 41.6 Å². The number of aromatic amines is 1. The van der Waals surface area contributed by atoms with E-state index in [1.165, 1.54) is 18.5 Å². The Balaban J connectivity index is 1.74. The molecule has 9 heteroatoms. The van der Waals surface area contributed by atoms with Crippen LogP contribution in [0.15, 0.2) is 22.9 Å². The number of rotatable bonds is 2. The molecule has 1 atom stereocenters. The minimum Gasteiger partial charge on any atom is -0.423 e. The third-order valence-electron chi connectivity index (χ3n) is 3.93. The number of carbonyl (C=O) groups is 1. The van der Waals surface area contributed by atoms with Gasteiger partial charge in [0.15, 0.2) is 0 Å². The van der Waals surface area contributed by atoms with Crippen LogP contribution in [0, 0.1) is 12.7 Å². The lowest BCUT2D eigenvalue weighted by molar-refractivity contribution is -0.0105. The number of H-pyrrole nitrogens is 1. The number of carbonyl (C=O) groups excluding carboxylic acids is 1. The minimum atomic E-state index is -0.510. The molecule has 0 aliphatic carbocycles. The number of ether oxygens (including phenoxy) is 1. The molecule has 124 valence electrons. The van der Waals surface area contributed by atoms with Crippen molar-refractivity contribution in [2.45, 2.75) is 13.0 Å². The van der Waals surface area contributed by atoms with Gasteiger partial charge in [-0.15, -0.1) is 10.2 Å². The van der Waals surface area contributed by atoms with Gasteiger partial charge < -0.3 is 19.0 Å². The molecular weight excluding hydrogens is 317 g/mol. The van der Waals surface area contributed by atoms with Gasteiger partial charge in [0, 0.05) is 13.5 Å². The van der Waals surface area contributed by atoms with E-state index in [2.05, 4.69) is 20.2 Å². The smallest absolute Gasteiger partial charge is 0.257 e. The minimum absolute atomic E-state index is 0.189. The molecule has 1 unspecified atom stereocenters. The highest BCUT2D eigenvalue weighted by Crippen LogP contribution is 2.27. The van der Waals surface area contributed by atoms with Crippen molar-refractivity contribution in [3.8, 4) is 0 Å². The van der Waals surface area contributed by atoms with Crippen LogP contribution in [0.1, 0.15) is 28.2 Å². The van der Waals surface area contributed by atoms with E-state index in [4.69, 9.17) is 9.15 Å². The molecule has 4 rings (SSSR count). The Labute approximate surface area is 135 Å². The van der Waals surface area contributed by atoms with Gasteiger partial charge in [0.05, 0.1) is 30.6 Å². The van der Waals surface area contributed by atoms with E-state index in [0.29, 0.717) is 36.0 Å². The number of hydrogen-bond acceptors (Lipinski definition) is 6. The molecular formula is C15H14FN5O3. The van der Waals surface area contributed by atoms with E-state index in [-0.39, 0.29) is 18.1 Å². The molecule has 1 aliphatic heterocycles. The second-order valence-electron chi connectivity index (χ2n) is 5.50. The Kier molecular flexibility index (Phi) is 3.49. The van der Waals surface area contributed by atoms with Gasteiger partial charge in [0.25, 0.3) is 5.91 Å². The Morgan fingerprint density at radius 3 is 3.08 bits per heavy atom. The number of morpholine rings is 1. The van der Waals surface area contributed by atoms with Gasteiger partial charge in [-0.25, -0.2) is 9.37 Å². The Bertz CT molecular complexity index is 906. The summed E-state index contributed by atoms with van der Waals surface area (Å²) in [5, 5.41) is 7.78. The normalized spacial score (nSPS) is 18.2. The van der Waals surface area contributed by atoms with E-state index in [1.807, 2.05) is 0 Å². The van der Waals surface area contributed by atoms with Crippen LogP contribution in [0.2, 0.25) is 0 Å². The molecule has 3 aromatic rings. The number of fused-ring (bicyclic) bond motifs is 1. The number of benzene rings is 1. The predicted molar refractivity (Wildman–Crippen MR) is 79.7 cm³/mol. The number of nitrogens with one attached hydrogen (secondary N) is 1. The van der Waals surface area contributed by atoms with Crippen molar-refractivity contribution in [2.75, 3.05) is 19.8 Å². The summed E-state index contributed by atoms with van der Waals surface area (Å²) in [7, 11) is 0. The fourth-order valence-corrected chi connectivity index (χ4v) is 2.83. The maximum absolute atomic E-state index is 13.8. The molecule has 24 heavy (non-hydrogen) atoms. The Morgan fingerprint density at radius 2 is 2.29 bits per heavy atom. The van der Waals surface area contributed by atoms with Crippen LogP contribution in [0.4, 0.5) is 4.39 Å². The van der Waals surface area contributed by atoms with Crippen molar-refractivity contribution in [1.82, 2.24) is 25.1 Å². The number of aromatic nitrogens is 4. The number of aryl methyl sites for hydroxylation is 1.